The molecule has 0 radical (unpaired) electrons. The highest BCUT2D eigenvalue weighted by Crippen LogP contribution is 2.19. The number of aromatic nitrogens is 3. The van der Waals surface area contributed by atoms with E-state index in [1.165, 1.54) is 6.26 Å². The second kappa shape index (κ2) is 5.49. The molecule has 0 aliphatic rings. The first-order chi connectivity index (χ1) is 8.29. The Morgan fingerprint density at radius 1 is 1.41 bits per heavy atom. The summed E-state index contributed by atoms with van der Waals surface area (Å²) < 4.78 is 4.73. The maximum Gasteiger partial charge on any atom is 0.224 e. The summed E-state index contributed by atoms with van der Waals surface area (Å²) in [7, 11) is 0. The van der Waals surface area contributed by atoms with Gasteiger partial charge in [0, 0.05) is 12.6 Å². The van der Waals surface area contributed by atoms with E-state index in [0.29, 0.717) is 23.3 Å². The standard InChI is InChI=1S/C10H12ClN5O/c1-2-12-10-14-6-8(11)9(15-10)13-5-7-3-4-17-16-7/h3-4,6H,2,5H2,1H3,(H2,12,13,14,15). The Morgan fingerprint density at radius 2 is 2.29 bits per heavy atom. The van der Waals surface area contributed by atoms with Crippen molar-refractivity contribution in [1.82, 2.24) is 15.1 Å². The first-order valence-corrected chi connectivity index (χ1v) is 5.57. The Bertz CT molecular complexity index is 474. The van der Waals surface area contributed by atoms with Crippen LogP contribution in [0.2, 0.25) is 5.02 Å². The summed E-state index contributed by atoms with van der Waals surface area (Å²) in [5, 5.41) is 10.3. The SMILES string of the molecule is CCNc1ncc(Cl)c(NCc2ccon2)n1. The van der Waals surface area contributed by atoms with Gasteiger partial charge in [0.1, 0.15) is 17.0 Å². The summed E-state index contributed by atoms with van der Waals surface area (Å²) in [6.07, 6.45) is 3.07. The summed E-state index contributed by atoms with van der Waals surface area (Å²) in [6, 6.07) is 1.77. The summed E-state index contributed by atoms with van der Waals surface area (Å²) >= 11 is 5.98. The van der Waals surface area contributed by atoms with Crippen LogP contribution in [-0.2, 0) is 6.54 Å². The van der Waals surface area contributed by atoms with Crippen LogP contribution in [0.4, 0.5) is 11.8 Å². The first kappa shape index (κ1) is 11.7. The van der Waals surface area contributed by atoms with Crippen LogP contribution in [0, 0.1) is 0 Å². The van der Waals surface area contributed by atoms with Crippen molar-refractivity contribution >= 4 is 23.4 Å². The molecule has 2 rings (SSSR count). The lowest BCUT2D eigenvalue weighted by molar-refractivity contribution is 0.412. The van der Waals surface area contributed by atoms with Crippen molar-refractivity contribution in [2.24, 2.45) is 0 Å². The third-order valence-corrected chi connectivity index (χ3v) is 2.28. The Balaban J connectivity index is 2.06. The smallest absolute Gasteiger partial charge is 0.224 e. The van der Waals surface area contributed by atoms with Gasteiger partial charge in [0.15, 0.2) is 5.82 Å². The van der Waals surface area contributed by atoms with Crippen LogP contribution >= 0.6 is 11.6 Å². The molecular formula is C10H12ClN5O. The van der Waals surface area contributed by atoms with Crippen molar-refractivity contribution in [1.29, 1.82) is 0 Å². The molecule has 2 heterocycles. The van der Waals surface area contributed by atoms with E-state index in [0.717, 1.165) is 12.2 Å². The highest BCUT2D eigenvalue weighted by molar-refractivity contribution is 6.32. The fraction of sp³-hybridized carbons (Fsp3) is 0.300. The molecule has 0 aliphatic carbocycles. The van der Waals surface area contributed by atoms with Crippen LogP contribution in [0.25, 0.3) is 0 Å². The fourth-order valence-corrected chi connectivity index (χ4v) is 1.40. The molecule has 2 N–H and O–H groups in total. The zero-order valence-corrected chi connectivity index (χ0v) is 10.0. The second-order valence-electron chi connectivity index (χ2n) is 3.26. The van der Waals surface area contributed by atoms with Crippen LogP contribution in [-0.4, -0.2) is 21.7 Å². The van der Waals surface area contributed by atoms with E-state index in [1.807, 2.05) is 6.92 Å². The van der Waals surface area contributed by atoms with Gasteiger partial charge in [0.2, 0.25) is 5.95 Å². The molecule has 6 nitrogen and oxygen atoms in total. The first-order valence-electron chi connectivity index (χ1n) is 5.19. The molecule has 0 aliphatic heterocycles. The van der Waals surface area contributed by atoms with Crippen molar-refractivity contribution in [2.75, 3.05) is 17.2 Å². The molecule has 7 heteroatoms. The number of rotatable bonds is 5. The third-order valence-electron chi connectivity index (χ3n) is 2.01. The van der Waals surface area contributed by atoms with Crippen LogP contribution < -0.4 is 10.6 Å². The molecule has 0 aromatic carbocycles. The monoisotopic (exact) mass is 253 g/mol. The van der Waals surface area contributed by atoms with E-state index in [1.54, 1.807) is 12.3 Å². The summed E-state index contributed by atoms with van der Waals surface area (Å²) in [4.78, 5) is 8.28. The van der Waals surface area contributed by atoms with Crippen molar-refractivity contribution in [3.05, 3.63) is 29.2 Å². The van der Waals surface area contributed by atoms with Crippen molar-refractivity contribution in [2.45, 2.75) is 13.5 Å². The minimum absolute atomic E-state index is 0.468. The molecule has 0 unspecified atom stereocenters. The number of halogens is 1. The van der Waals surface area contributed by atoms with Crippen molar-refractivity contribution in [3.63, 3.8) is 0 Å². The lowest BCUT2D eigenvalue weighted by atomic mass is 10.4. The summed E-state index contributed by atoms with van der Waals surface area (Å²) in [5.41, 5.74) is 0.782. The lowest BCUT2D eigenvalue weighted by Crippen LogP contribution is -2.07. The number of anilines is 2. The van der Waals surface area contributed by atoms with E-state index in [4.69, 9.17) is 16.1 Å². The molecule has 0 spiro atoms. The Labute approximate surface area is 103 Å². The van der Waals surface area contributed by atoms with Gasteiger partial charge >= 0.3 is 0 Å². The molecule has 0 saturated carbocycles. The molecule has 17 heavy (non-hydrogen) atoms. The molecule has 0 fully saturated rings. The predicted octanol–water partition coefficient (Wildman–Crippen LogP) is 2.16. The molecule has 90 valence electrons. The van der Waals surface area contributed by atoms with Gasteiger partial charge in [-0.3, -0.25) is 0 Å². The summed E-state index contributed by atoms with van der Waals surface area (Å²) in [5.74, 6) is 1.11. The molecular weight excluding hydrogens is 242 g/mol. The average Bonchev–Trinajstić information content (AvgIpc) is 2.83. The van der Waals surface area contributed by atoms with Gasteiger partial charge in [-0.1, -0.05) is 16.8 Å². The Morgan fingerprint density at radius 3 is 3.00 bits per heavy atom. The van der Waals surface area contributed by atoms with E-state index >= 15 is 0 Å². The van der Waals surface area contributed by atoms with Gasteiger partial charge < -0.3 is 15.2 Å². The van der Waals surface area contributed by atoms with Gasteiger partial charge in [0.25, 0.3) is 0 Å². The molecule has 2 aromatic heterocycles. The minimum Gasteiger partial charge on any atom is -0.364 e. The Kier molecular flexibility index (Phi) is 3.77. The quantitative estimate of drug-likeness (QED) is 0.851. The predicted molar refractivity (Wildman–Crippen MR) is 65.0 cm³/mol. The van der Waals surface area contributed by atoms with E-state index in [2.05, 4.69) is 25.8 Å². The Hall–Kier alpha value is -1.82. The number of nitrogens with one attached hydrogen (secondary N) is 2. The third kappa shape index (κ3) is 3.07. The van der Waals surface area contributed by atoms with Crippen molar-refractivity contribution in [3.8, 4) is 0 Å². The largest absolute Gasteiger partial charge is 0.364 e. The van der Waals surface area contributed by atoms with Crippen LogP contribution in [0.5, 0.6) is 0 Å². The fourth-order valence-electron chi connectivity index (χ4n) is 1.24. The van der Waals surface area contributed by atoms with E-state index in [-0.39, 0.29) is 0 Å². The van der Waals surface area contributed by atoms with Crippen LogP contribution in [0.15, 0.2) is 23.0 Å². The molecule has 0 saturated heterocycles. The molecule has 2 aromatic rings. The topological polar surface area (TPSA) is 75.9 Å². The van der Waals surface area contributed by atoms with Gasteiger partial charge in [-0.05, 0) is 6.92 Å². The number of hydrogen-bond donors (Lipinski definition) is 2. The average molecular weight is 254 g/mol. The van der Waals surface area contributed by atoms with Gasteiger partial charge in [-0.25, -0.2) is 4.98 Å². The highest BCUT2D eigenvalue weighted by atomic mass is 35.5. The van der Waals surface area contributed by atoms with Crippen molar-refractivity contribution < 1.29 is 4.52 Å². The summed E-state index contributed by atoms with van der Waals surface area (Å²) in [6.45, 7) is 3.23. The second-order valence-corrected chi connectivity index (χ2v) is 3.67. The molecule has 0 atom stereocenters. The van der Waals surface area contributed by atoms with Gasteiger partial charge in [-0.15, -0.1) is 0 Å². The number of hydrogen-bond acceptors (Lipinski definition) is 6. The van der Waals surface area contributed by atoms with Crippen LogP contribution in [0.1, 0.15) is 12.6 Å². The normalized spacial score (nSPS) is 10.2. The lowest BCUT2D eigenvalue weighted by Gasteiger charge is -2.07. The minimum atomic E-state index is 0.468. The van der Waals surface area contributed by atoms with Gasteiger partial charge in [-0.2, -0.15) is 4.98 Å². The van der Waals surface area contributed by atoms with Crippen LogP contribution in [0.3, 0.4) is 0 Å². The molecule has 0 bridgehead atoms. The highest BCUT2D eigenvalue weighted by Gasteiger charge is 2.05. The number of nitrogens with zero attached hydrogens (tertiary/aromatic N) is 3. The van der Waals surface area contributed by atoms with Gasteiger partial charge in [0.05, 0.1) is 12.7 Å². The maximum atomic E-state index is 5.98. The maximum absolute atomic E-state index is 5.98. The van der Waals surface area contributed by atoms with E-state index in [9.17, 15) is 0 Å². The van der Waals surface area contributed by atoms with E-state index < -0.39 is 0 Å². The zero-order valence-electron chi connectivity index (χ0n) is 9.27. The molecule has 0 amide bonds. The zero-order chi connectivity index (χ0) is 12.1.